The third kappa shape index (κ3) is 1.74. The molecule has 14 heavy (non-hydrogen) atoms. The second-order valence-electron chi connectivity index (χ2n) is 3.05. The fourth-order valence-corrected chi connectivity index (χ4v) is 1.22. The minimum atomic E-state index is -0.0620. The number of carbonyl (C=O) groups is 1. The lowest BCUT2D eigenvalue weighted by atomic mass is 10.2. The van der Waals surface area contributed by atoms with E-state index >= 15 is 0 Å². The molecular weight excluding hydrogens is 180 g/mol. The van der Waals surface area contributed by atoms with Crippen LogP contribution in [-0.4, -0.2) is 15.8 Å². The minimum Gasteiger partial charge on any atom is -0.458 e. The zero-order chi connectivity index (χ0) is 9.97. The van der Waals surface area contributed by atoms with Gasteiger partial charge < -0.3 is 9.40 Å². The van der Waals surface area contributed by atoms with E-state index in [9.17, 15) is 4.79 Å². The van der Waals surface area contributed by atoms with Gasteiger partial charge in [0, 0.05) is 12.4 Å². The lowest BCUT2D eigenvalue weighted by Crippen LogP contribution is -2.03. The molecule has 2 aromatic heterocycles. The number of Topliss-reactive ketones (excluding diaryl/α,β-unsaturated/α-hetero) is 1. The number of aromatic nitrogens is 2. The number of carbonyl (C=O) groups excluding carboxylic acids is 1. The molecule has 0 saturated heterocycles. The number of hydrogen-bond donors (Lipinski definition) is 1. The highest BCUT2D eigenvalue weighted by molar-refractivity contribution is 5.94. The summed E-state index contributed by atoms with van der Waals surface area (Å²) in [6.45, 7) is 1.81. The second kappa shape index (κ2) is 3.49. The van der Waals surface area contributed by atoms with Crippen LogP contribution in [0.5, 0.6) is 0 Å². The van der Waals surface area contributed by atoms with Crippen LogP contribution in [0.15, 0.2) is 28.9 Å². The van der Waals surface area contributed by atoms with Crippen LogP contribution in [0.4, 0.5) is 0 Å². The smallest absolute Gasteiger partial charge is 0.205 e. The number of furan rings is 1. The van der Waals surface area contributed by atoms with Crippen molar-refractivity contribution in [1.29, 1.82) is 0 Å². The van der Waals surface area contributed by atoms with E-state index in [4.69, 9.17) is 4.42 Å². The van der Waals surface area contributed by atoms with Gasteiger partial charge in [-0.05, 0) is 19.1 Å². The molecule has 0 atom stereocenters. The number of aryl methyl sites for hydroxylation is 1. The zero-order valence-corrected chi connectivity index (χ0v) is 7.78. The average Bonchev–Trinajstić information content (AvgIpc) is 2.75. The molecule has 0 bridgehead atoms. The molecular formula is C10H10N2O2. The van der Waals surface area contributed by atoms with Gasteiger partial charge in [0.1, 0.15) is 11.6 Å². The summed E-state index contributed by atoms with van der Waals surface area (Å²) >= 11 is 0. The third-order valence-corrected chi connectivity index (χ3v) is 1.90. The lowest BCUT2D eigenvalue weighted by molar-refractivity contribution is 0.0963. The van der Waals surface area contributed by atoms with Gasteiger partial charge in [-0.15, -0.1) is 0 Å². The van der Waals surface area contributed by atoms with E-state index in [1.54, 1.807) is 24.5 Å². The molecule has 0 aliphatic rings. The van der Waals surface area contributed by atoms with E-state index in [-0.39, 0.29) is 12.2 Å². The van der Waals surface area contributed by atoms with Crippen LogP contribution >= 0.6 is 0 Å². The maximum absolute atomic E-state index is 11.6. The van der Waals surface area contributed by atoms with E-state index in [0.717, 1.165) is 5.76 Å². The van der Waals surface area contributed by atoms with Crippen LogP contribution in [0, 0.1) is 6.92 Å². The molecule has 0 unspecified atom stereocenters. The van der Waals surface area contributed by atoms with Crippen LogP contribution in [0.3, 0.4) is 0 Å². The molecule has 0 saturated carbocycles. The summed E-state index contributed by atoms with van der Waals surface area (Å²) in [5, 5.41) is 0. The number of H-pyrrole nitrogens is 1. The highest BCUT2D eigenvalue weighted by atomic mass is 16.3. The highest BCUT2D eigenvalue weighted by Crippen LogP contribution is 2.08. The van der Waals surface area contributed by atoms with Gasteiger partial charge in [0.25, 0.3) is 0 Å². The van der Waals surface area contributed by atoms with E-state index in [1.165, 1.54) is 0 Å². The summed E-state index contributed by atoms with van der Waals surface area (Å²) in [5.74, 6) is 1.73. The van der Waals surface area contributed by atoms with E-state index < -0.39 is 0 Å². The standard InChI is InChI=1S/C10H10N2O2/c1-7-2-3-9(14-7)8(13)6-10-11-4-5-12-10/h2-5H,6H2,1H3,(H,11,12). The average molecular weight is 190 g/mol. The predicted octanol–water partition coefficient (Wildman–Crippen LogP) is 1.74. The molecule has 0 amide bonds. The predicted molar refractivity (Wildman–Crippen MR) is 50.1 cm³/mol. The van der Waals surface area contributed by atoms with Crippen LogP contribution in [0.1, 0.15) is 22.1 Å². The van der Waals surface area contributed by atoms with Crippen molar-refractivity contribution in [2.24, 2.45) is 0 Å². The summed E-state index contributed by atoms with van der Waals surface area (Å²) < 4.78 is 5.20. The van der Waals surface area contributed by atoms with Gasteiger partial charge in [0.2, 0.25) is 5.78 Å². The Labute approximate surface area is 81.0 Å². The first-order chi connectivity index (χ1) is 6.75. The van der Waals surface area contributed by atoms with E-state index in [0.29, 0.717) is 11.6 Å². The number of hydrogen-bond acceptors (Lipinski definition) is 3. The van der Waals surface area contributed by atoms with Crippen molar-refractivity contribution < 1.29 is 9.21 Å². The van der Waals surface area contributed by atoms with Crippen molar-refractivity contribution in [3.63, 3.8) is 0 Å². The topological polar surface area (TPSA) is 58.9 Å². The Morgan fingerprint density at radius 2 is 2.43 bits per heavy atom. The van der Waals surface area contributed by atoms with Gasteiger partial charge in [0.05, 0.1) is 6.42 Å². The Morgan fingerprint density at radius 1 is 1.57 bits per heavy atom. The third-order valence-electron chi connectivity index (χ3n) is 1.90. The lowest BCUT2D eigenvalue weighted by Gasteiger charge is -1.93. The summed E-state index contributed by atoms with van der Waals surface area (Å²) in [4.78, 5) is 18.4. The fraction of sp³-hybridized carbons (Fsp3) is 0.200. The molecule has 2 rings (SSSR count). The van der Waals surface area contributed by atoms with Crippen LogP contribution in [-0.2, 0) is 6.42 Å². The molecule has 0 aromatic carbocycles. The minimum absolute atomic E-state index is 0.0620. The van der Waals surface area contributed by atoms with Crippen molar-refractivity contribution >= 4 is 5.78 Å². The Balaban J connectivity index is 2.10. The first kappa shape index (κ1) is 8.74. The fourth-order valence-electron chi connectivity index (χ4n) is 1.22. The van der Waals surface area contributed by atoms with Crippen molar-refractivity contribution in [2.45, 2.75) is 13.3 Å². The van der Waals surface area contributed by atoms with E-state index in [1.807, 2.05) is 6.92 Å². The number of ketones is 1. The van der Waals surface area contributed by atoms with Crippen molar-refractivity contribution in [3.8, 4) is 0 Å². The first-order valence-corrected chi connectivity index (χ1v) is 4.33. The Kier molecular flexibility index (Phi) is 2.18. The Hall–Kier alpha value is -1.84. The first-order valence-electron chi connectivity index (χ1n) is 4.33. The molecule has 0 fully saturated rings. The number of nitrogens with zero attached hydrogens (tertiary/aromatic N) is 1. The molecule has 72 valence electrons. The zero-order valence-electron chi connectivity index (χ0n) is 7.78. The van der Waals surface area contributed by atoms with Crippen molar-refractivity contribution in [3.05, 3.63) is 41.9 Å². The quantitative estimate of drug-likeness (QED) is 0.750. The summed E-state index contributed by atoms with van der Waals surface area (Å²) in [6, 6.07) is 3.45. The summed E-state index contributed by atoms with van der Waals surface area (Å²) in [5.41, 5.74) is 0. The molecule has 0 radical (unpaired) electrons. The summed E-state index contributed by atoms with van der Waals surface area (Å²) in [7, 11) is 0. The van der Waals surface area contributed by atoms with Crippen molar-refractivity contribution in [1.82, 2.24) is 9.97 Å². The van der Waals surface area contributed by atoms with Gasteiger partial charge in [0.15, 0.2) is 5.76 Å². The van der Waals surface area contributed by atoms with Gasteiger partial charge in [-0.3, -0.25) is 4.79 Å². The SMILES string of the molecule is Cc1ccc(C(=O)Cc2ncc[nH]2)o1. The number of rotatable bonds is 3. The second-order valence-corrected chi connectivity index (χ2v) is 3.05. The largest absolute Gasteiger partial charge is 0.458 e. The molecule has 4 nitrogen and oxygen atoms in total. The monoisotopic (exact) mass is 190 g/mol. The van der Waals surface area contributed by atoms with Gasteiger partial charge in [-0.25, -0.2) is 4.98 Å². The van der Waals surface area contributed by atoms with Gasteiger partial charge >= 0.3 is 0 Å². The van der Waals surface area contributed by atoms with Crippen LogP contribution in [0.2, 0.25) is 0 Å². The maximum Gasteiger partial charge on any atom is 0.205 e. The number of imidazole rings is 1. The van der Waals surface area contributed by atoms with E-state index in [2.05, 4.69) is 9.97 Å². The molecule has 0 spiro atoms. The molecule has 4 heteroatoms. The number of aromatic amines is 1. The Morgan fingerprint density at radius 3 is 3.00 bits per heavy atom. The summed E-state index contributed by atoms with van der Waals surface area (Å²) in [6.07, 6.45) is 3.56. The molecule has 0 aliphatic heterocycles. The van der Waals surface area contributed by atoms with Crippen LogP contribution < -0.4 is 0 Å². The van der Waals surface area contributed by atoms with Gasteiger partial charge in [-0.1, -0.05) is 0 Å². The van der Waals surface area contributed by atoms with Crippen molar-refractivity contribution in [2.75, 3.05) is 0 Å². The molecule has 0 aliphatic carbocycles. The molecule has 1 N–H and O–H groups in total. The number of nitrogens with one attached hydrogen (secondary N) is 1. The van der Waals surface area contributed by atoms with Gasteiger partial charge in [-0.2, -0.15) is 0 Å². The molecule has 2 heterocycles. The highest BCUT2D eigenvalue weighted by Gasteiger charge is 2.11. The maximum atomic E-state index is 11.6. The normalized spacial score (nSPS) is 10.4. The Bertz CT molecular complexity index is 429. The van der Waals surface area contributed by atoms with Crippen LogP contribution in [0.25, 0.3) is 0 Å². The molecule has 2 aromatic rings.